The van der Waals surface area contributed by atoms with Gasteiger partial charge in [-0.2, -0.15) is 0 Å². The third kappa shape index (κ3) is 3.05. The zero-order valence-corrected chi connectivity index (χ0v) is 11.7. The number of hydrogen-bond donors (Lipinski definition) is 1. The van der Waals surface area contributed by atoms with Crippen LogP contribution in [0.1, 0.15) is 43.7 Å². The van der Waals surface area contributed by atoms with Crippen LogP contribution in [0.2, 0.25) is 0 Å². The minimum atomic E-state index is 0.145. The minimum Gasteiger partial charge on any atom is -0.392 e. The van der Waals surface area contributed by atoms with E-state index < -0.39 is 0 Å². The predicted octanol–water partition coefficient (Wildman–Crippen LogP) is 3.50. The lowest BCUT2D eigenvalue weighted by atomic mass is 9.92. The van der Waals surface area contributed by atoms with E-state index in [-0.39, 0.29) is 6.61 Å². The van der Waals surface area contributed by atoms with Gasteiger partial charge >= 0.3 is 0 Å². The van der Waals surface area contributed by atoms with E-state index in [1.807, 2.05) is 0 Å². The molecule has 1 aromatic carbocycles. The quantitative estimate of drug-likeness (QED) is 0.880. The molecule has 1 aliphatic rings. The van der Waals surface area contributed by atoms with Crippen molar-refractivity contribution < 1.29 is 5.11 Å². The highest BCUT2D eigenvalue weighted by Gasteiger charge is 2.20. The molecule has 1 N–H and O–H groups in total. The molecule has 18 heavy (non-hydrogen) atoms. The Bertz CT molecular complexity index is 381. The van der Waals surface area contributed by atoms with Gasteiger partial charge in [0.2, 0.25) is 0 Å². The number of piperidine rings is 1. The highest BCUT2D eigenvalue weighted by atomic mass is 16.3. The van der Waals surface area contributed by atoms with Crippen LogP contribution in [0.3, 0.4) is 0 Å². The zero-order chi connectivity index (χ0) is 13.0. The van der Waals surface area contributed by atoms with Crippen LogP contribution in [-0.4, -0.2) is 18.2 Å². The second-order valence-corrected chi connectivity index (χ2v) is 5.51. The molecule has 0 aliphatic carbocycles. The van der Waals surface area contributed by atoms with E-state index in [0.29, 0.717) is 0 Å². The number of anilines is 1. The van der Waals surface area contributed by atoms with Gasteiger partial charge in [-0.1, -0.05) is 37.5 Å². The maximum absolute atomic E-state index is 9.48. The lowest BCUT2D eigenvalue weighted by molar-refractivity contribution is 0.281. The van der Waals surface area contributed by atoms with Gasteiger partial charge in [0.25, 0.3) is 0 Å². The average molecular weight is 247 g/mol. The molecule has 0 atom stereocenters. The van der Waals surface area contributed by atoms with E-state index in [9.17, 15) is 5.11 Å². The molecule has 0 spiro atoms. The van der Waals surface area contributed by atoms with E-state index in [2.05, 4.69) is 36.9 Å². The van der Waals surface area contributed by atoms with Gasteiger partial charge in [0.1, 0.15) is 0 Å². The van der Waals surface area contributed by atoms with Crippen LogP contribution in [-0.2, 0) is 6.61 Å². The van der Waals surface area contributed by atoms with Crippen LogP contribution < -0.4 is 4.90 Å². The van der Waals surface area contributed by atoms with Gasteiger partial charge in [-0.25, -0.2) is 0 Å². The molecule has 1 heterocycles. The fourth-order valence-electron chi connectivity index (χ4n) is 3.02. The minimum absolute atomic E-state index is 0.145. The number of benzene rings is 1. The van der Waals surface area contributed by atoms with Crippen molar-refractivity contribution in [3.8, 4) is 0 Å². The Balaban J connectivity index is 2.05. The topological polar surface area (TPSA) is 23.5 Å². The predicted molar refractivity (Wildman–Crippen MR) is 76.9 cm³/mol. The molecule has 1 aromatic rings. The van der Waals surface area contributed by atoms with Crippen molar-refractivity contribution in [3.05, 3.63) is 29.3 Å². The summed E-state index contributed by atoms with van der Waals surface area (Å²) in [5, 5.41) is 9.48. The maximum atomic E-state index is 9.48. The van der Waals surface area contributed by atoms with Crippen LogP contribution in [0.25, 0.3) is 0 Å². The Morgan fingerprint density at radius 2 is 2.00 bits per heavy atom. The van der Waals surface area contributed by atoms with Gasteiger partial charge in [0.15, 0.2) is 0 Å². The third-order valence-corrected chi connectivity index (χ3v) is 4.06. The van der Waals surface area contributed by atoms with Crippen molar-refractivity contribution in [1.29, 1.82) is 0 Å². The highest BCUT2D eigenvalue weighted by molar-refractivity contribution is 5.55. The summed E-state index contributed by atoms with van der Waals surface area (Å²) in [6.07, 6.45) is 5.27. The van der Waals surface area contributed by atoms with Crippen molar-refractivity contribution in [1.82, 2.24) is 0 Å². The van der Waals surface area contributed by atoms with Crippen molar-refractivity contribution in [3.63, 3.8) is 0 Å². The summed E-state index contributed by atoms with van der Waals surface area (Å²) in [4.78, 5) is 2.44. The standard InChI is InChI=1S/C16H25NO/c1-3-4-14-7-9-17(10-8-14)16-6-5-13(2)11-15(16)12-18/h5-6,11,14,18H,3-4,7-10,12H2,1-2H3. The average Bonchev–Trinajstić information content (AvgIpc) is 2.40. The summed E-state index contributed by atoms with van der Waals surface area (Å²) in [6, 6.07) is 6.42. The fraction of sp³-hybridized carbons (Fsp3) is 0.625. The van der Waals surface area contributed by atoms with Gasteiger partial charge in [-0.3, -0.25) is 0 Å². The van der Waals surface area contributed by atoms with E-state index in [4.69, 9.17) is 0 Å². The summed E-state index contributed by atoms with van der Waals surface area (Å²) in [6.45, 7) is 6.78. The van der Waals surface area contributed by atoms with Crippen molar-refractivity contribution in [2.75, 3.05) is 18.0 Å². The molecule has 0 saturated carbocycles. The second kappa shape index (κ2) is 6.24. The second-order valence-electron chi connectivity index (χ2n) is 5.51. The Morgan fingerprint density at radius 1 is 1.28 bits per heavy atom. The summed E-state index contributed by atoms with van der Waals surface area (Å²) in [5.74, 6) is 0.911. The van der Waals surface area contributed by atoms with Crippen LogP contribution >= 0.6 is 0 Å². The molecule has 0 bridgehead atoms. The molecule has 1 fully saturated rings. The molecular formula is C16H25NO. The number of aliphatic hydroxyl groups excluding tert-OH is 1. The van der Waals surface area contributed by atoms with Crippen LogP contribution in [0, 0.1) is 12.8 Å². The first kappa shape index (κ1) is 13.4. The molecule has 0 radical (unpaired) electrons. The Hall–Kier alpha value is -1.02. The number of rotatable bonds is 4. The van der Waals surface area contributed by atoms with E-state index in [1.54, 1.807) is 0 Å². The van der Waals surface area contributed by atoms with E-state index in [1.165, 1.54) is 36.9 Å². The first-order valence-electron chi connectivity index (χ1n) is 7.20. The molecule has 1 saturated heterocycles. The van der Waals surface area contributed by atoms with Gasteiger partial charge in [-0.15, -0.1) is 0 Å². The van der Waals surface area contributed by atoms with Crippen molar-refractivity contribution in [2.24, 2.45) is 5.92 Å². The lowest BCUT2D eigenvalue weighted by Crippen LogP contribution is -2.34. The molecular weight excluding hydrogens is 222 g/mol. The Kier molecular flexibility index (Phi) is 4.65. The smallest absolute Gasteiger partial charge is 0.0702 e. The number of nitrogens with zero attached hydrogens (tertiary/aromatic N) is 1. The number of aliphatic hydroxyl groups is 1. The highest BCUT2D eigenvalue weighted by Crippen LogP contribution is 2.28. The summed E-state index contributed by atoms with van der Waals surface area (Å²) >= 11 is 0. The molecule has 0 amide bonds. The number of aryl methyl sites for hydroxylation is 1. The summed E-state index contributed by atoms with van der Waals surface area (Å²) < 4.78 is 0. The molecule has 2 nitrogen and oxygen atoms in total. The van der Waals surface area contributed by atoms with E-state index >= 15 is 0 Å². The van der Waals surface area contributed by atoms with Crippen LogP contribution in [0.5, 0.6) is 0 Å². The summed E-state index contributed by atoms with van der Waals surface area (Å²) in [7, 11) is 0. The molecule has 1 aliphatic heterocycles. The Morgan fingerprint density at radius 3 is 2.61 bits per heavy atom. The van der Waals surface area contributed by atoms with Gasteiger partial charge in [-0.05, 0) is 31.7 Å². The molecule has 2 rings (SSSR count). The SMILES string of the molecule is CCCC1CCN(c2ccc(C)cc2CO)CC1. The molecule has 0 unspecified atom stereocenters. The zero-order valence-electron chi connectivity index (χ0n) is 11.7. The largest absolute Gasteiger partial charge is 0.392 e. The van der Waals surface area contributed by atoms with Gasteiger partial charge in [0, 0.05) is 24.3 Å². The maximum Gasteiger partial charge on any atom is 0.0702 e. The molecule has 0 aromatic heterocycles. The first-order valence-corrected chi connectivity index (χ1v) is 7.20. The third-order valence-electron chi connectivity index (χ3n) is 4.06. The van der Waals surface area contributed by atoms with Gasteiger partial charge < -0.3 is 10.0 Å². The first-order chi connectivity index (χ1) is 8.74. The Labute approximate surface area is 111 Å². The van der Waals surface area contributed by atoms with E-state index in [0.717, 1.165) is 24.6 Å². The van der Waals surface area contributed by atoms with Crippen molar-refractivity contribution >= 4 is 5.69 Å². The monoisotopic (exact) mass is 247 g/mol. The van der Waals surface area contributed by atoms with Crippen LogP contribution in [0.4, 0.5) is 5.69 Å². The fourth-order valence-corrected chi connectivity index (χ4v) is 3.02. The molecule has 100 valence electrons. The molecule has 2 heteroatoms. The van der Waals surface area contributed by atoms with Crippen molar-refractivity contribution in [2.45, 2.75) is 46.1 Å². The van der Waals surface area contributed by atoms with Crippen LogP contribution in [0.15, 0.2) is 18.2 Å². The normalized spacial score (nSPS) is 17.2. The summed E-state index contributed by atoms with van der Waals surface area (Å²) in [5.41, 5.74) is 3.53. The number of hydrogen-bond acceptors (Lipinski definition) is 2. The van der Waals surface area contributed by atoms with Gasteiger partial charge in [0.05, 0.1) is 6.61 Å². The lowest BCUT2D eigenvalue weighted by Gasteiger charge is -2.34.